The van der Waals surface area contributed by atoms with E-state index < -0.39 is 0 Å². The van der Waals surface area contributed by atoms with Gasteiger partial charge in [-0.15, -0.1) is 0 Å². The lowest BCUT2D eigenvalue weighted by Crippen LogP contribution is -2.43. The van der Waals surface area contributed by atoms with Gasteiger partial charge >= 0.3 is 0 Å². The van der Waals surface area contributed by atoms with Crippen molar-refractivity contribution in [2.24, 2.45) is 0 Å². The van der Waals surface area contributed by atoms with Crippen LogP contribution in [0.25, 0.3) is 0 Å². The molecule has 0 aliphatic carbocycles. The highest BCUT2D eigenvalue weighted by Gasteiger charge is 2.19. The summed E-state index contributed by atoms with van der Waals surface area (Å²) in [6.07, 6.45) is 6.60. The van der Waals surface area contributed by atoms with Crippen LogP contribution in [-0.4, -0.2) is 49.7 Å². The van der Waals surface area contributed by atoms with Crippen LogP contribution in [0.4, 0.5) is 10.1 Å². The summed E-state index contributed by atoms with van der Waals surface area (Å²) >= 11 is 0. The zero-order valence-electron chi connectivity index (χ0n) is 20.0. The zero-order valence-corrected chi connectivity index (χ0v) is 20.0. The van der Waals surface area contributed by atoms with Gasteiger partial charge in [-0.3, -0.25) is 9.78 Å². The predicted octanol–water partition coefficient (Wildman–Crippen LogP) is 3.76. The Morgan fingerprint density at radius 3 is 2.60 bits per heavy atom. The largest absolute Gasteiger partial charge is 0.491 e. The van der Waals surface area contributed by atoms with Crippen molar-refractivity contribution in [1.29, 1.82) is 0 Å². The molecule has 0 saturated carbocycles. The topological polar surface area (TPSA) is 66.5 Å². The molecular formula is C28H33FN4O2. The van der Waals surface area contributed by atoms with Crippen LogP contribution >= 0.6 is 0 Å². The highest BCUT2D eigenvalue weighted by atomic mass is 19.1. The van der Waals surface area contributed by atoms with Crippen LogP contribution in [0.3, 0.4) is 0 Å². The van der Waals surface area contributed by atoms with Crippen molar-refractivity contribution < 1.29 is 13.9 Å². The Bertz CT molecular complexity index is 1050. The van der Waals surface area contributed by atoms with Gasteiger partial charge in [0.05, 0.1) is 12.6 Å². The highest BCUT2D eigenvalue weighted by molar-refractivity contribution is 5.78. The molecule has 0 atom stereocenters. The lowest BCUT2D eigenvalue weighted by atomic mass is 10.0. The number of piperidine rings is 1. The van der Waals surface area contributed by atoms with Gasteiger partial charge in [0.2, 0.25) is 5.91 Å². The van der Waals surface area contributed by atoms with Gasteiger partial charge in [0.1, 0.15) is 18.2 Å². The Morgan fingerprint density at radius 1 is 1.03 bits per heavy atom. The first-order valence-electron chi connectivity index (χ1n) is 12.3. The molecule has 1 aliphatic heterocycles. The Balaban J connectivity index is 1.12. The molecule has 0 spiro atoms. The molecule has 3 aromatic rings. The minimum Gasteiger partial charge on any atom is -0.491 e. The summed E-state index contributed by atoms with van der Waals surface area (Å²) in [6.45, 7) is 3.95. The van der Waals surface area contributed by atoms with Gasteiger partial charge < -0.3 is 20.3 Å². The number of amides is 1. The summed E-state index contributed by atoms with van der Waals surface area (Å²) < 4.78 is 18.9. The fourth-order valence-electron chi connectivity index (χ4n) is 4.32. The lowest BCUT2D eigenvalue weighted by molar-refractivity contribution is -0.120. The van der Waals surface area contributed by atoms with E-state index in [1.165, 1.54) is 17.8 Å². The van der Waals surface area contributed by atoms with Crippen LogP contribution in [0, 0.1) is 5.82 Å². The number of hydrogen-bond acceptors (Lipinski definition) is 5. The van der Waals surface area contributed by atoms with Crippen LogP contribution in [0.2, 0.25) is 0 Å². The van der Waals surface area contributed by atoms with Gasteiger partial charge in [-0.25, -0.2) is 4.39 Å². The fourth-order valence-corrected chi connectivity index (χ4v) is 4.32. The molecule has 2 heterocycles. The first-order valence-corrected chi connectivity index (χ1v) is 12.3. The Hall–Kier alpha value is -3.45. The molecular weight excluding hydrogens is 443 g/mol. The van der Waals surface area contributed by atoms with Crippen molar-refractivity contribution in [3.05, 3.63) is 90.0 Å². The number of ether oxygens (including phenoxy) is 1. The fraction of sp³-hybridized carbons (Fsp3) is 0.357. The van der Waals surface area contributed by atoms with Gasteiger partial charge in [0.25, 0.3) is 0 Å². The average molecular weight is 477 g/mol. The molecule has 7 heteroatoms. The second-order valence-corrected chi connectivity index (χ2v) is 8.83. The molecule has 2 N–H and O–H groups in total. The van der Waals surface area contributed by atoms with Crippen molar-refractivity contribution in [3.63, 3.8) is 0 Å². The second-order valence-electron chi connectivity index (χ2n) is 8.83. The average Bonchev–Trinajstić information content (AvgIpc) is 2.88. The molecule has 1 aromatic heterocycles. The number of hydrogen-bond donors (Lipinski definition) is 2. The summed E-state index contributed by atoms with van der Waals surface area (Å²) in [7, 11) is 0. The Morgan fingerprint density at radius 2 is 1.86 bits per heavy atom. The van der Waals surface area contributed by atoms with Crippen LogP contribution in [-0.2, 0) is 17.6 Å². The number of halogens is 1. The van der Waals surface area contributed by atoms with E-state index in [2.05, 4.69) is 32.7 Å². The number of nitrogens with one attached hydrogen (secondary N) is 2. The molecule has 184 valence electrons. The van der Waals surface area contributed by atoms with Gasteiger partial charge in [-0.05, 0) is 66.8 Å². The van der Waals surface area contributed by atoms with Crippen LogP contribution in [0.15, 0.2) is 73.1 Å². The van der Waals surface area contributed by atoms with E-state index in [9.17, 15) is 9.18 Å². The van der Waals surface area contributed by atoms with E-state index in [-0.39, 0.29) is 11.7 Å². The summed E-state index contributed by atoms with van der Waals surface area (Å²) in [4.78, 5) is 18.7. The molecule has 1 aliphatic rings. The quantitative estimate of drug-likeness (QED) is 0.413. The van der Waals surface area contributed by atoms with E-state index in [1.54, 1.807) is 18.5 Å². The number of pyridine rings is 1. The number of carbonyl (C=O) groups is 1. The Kier molecular flexibility index (Phi) is 9.06. The molecule has 1 fully saturated rings. The zero-order chi connectivity index (χ0) is 24.3. The number of aromatic nitrogens is 1. The molecule has 2 aromatic carbocycles. The maximum absolute atomic E-state index is 13.2. The normalized spacial score (nSPS) is 14.0. The summed E-state index contributed by atoms with van der Waals surface area (Å²) in [6, 6.07) is 19.0. The molecule has 1 saturated heterocycles. The third kappa shape index (κ3) is 8.07. The molecule has 35 heavy (non-hydrogen) atoms. The van der Waals surface area contributed by atoms with Gasteiger partial charge in [0.15, 0.2) is 0 Å². The third-order valence-electron chi connectivity index (χ3n) is 6.22. The third-order valence-corrected chi connectivity index (χ3v) is 6.22. The summed E-state index contributed by atoms with van der Waals surface area (Å²) in [5, 5.41) is 6.51. The van der Waals surface area contributed by atoms with Crippen LogP contribution in [0.5, 0.6) is 5.75 Å². The SMILES string of the molecule is O=C(Cc1ccc(N2CCC(NCCOc3cccnc3)CC2)cc1)NCCc1cccc(F)c1. The lowest BCUT2D eigenvalue weighted by Gasteiger charge is -2.34. The summed E-state index contributed by atoms with van der Waals surface area (Å²) in [5.41, 5.74) is 3.06. The standard InChI is InChI=1S/C28H33FN4O2/c29-24-4-1-3-22(19-24)10-14-32-28(34)20-23-6-8-26(9-7-23)33-16-11-25(12-17-33)31-15-18-35-27-5-2-13-30-21-27/h1-9,13,19,21,25,31H,10-12,14-18,20H2,(H,32,34). The van der Waals surface area contributed by atoms with Crippen molar-refractivity contribution in [3.8, 4) is 5.75 Å². The monoisotopic (exact) mass is 476 g/mol. The number of carbonyl (C=O) groups excluding carboxylic acids is 1. The Labute approximate surface area is 206 Å². The second kappa shape index (κ2) is 12.9. The maximum atomic E-state index is 13.2. The summed E-state index contributed by atoms with van der Waals surface area (Å²) in [5.74, 6) is 0.531. The van der Waals surface area contributed by atoms with E-state index in [0.717, 1.165) is 49.4 Å². The van der Waals surface area contributed by atoms with Crippen molar-refractivity contribution in [1.82, 2.24) is 15.6 Å². The van der Waals surface area contributed by atoms with Crippen molar-refractivity contribution in [2.75, 3.05) is 37.7 Å². The predicted molar refractivity (Wildman–Crippen MR) is 136 cm³/mol. The van der Waals surface area contributed by atoms with Gasteiger partial charge in [0, 0.05) is 44.1 Å². The first kappa shape index (κ1) is 24.7. The number of anilines is 1. The molecule has 0 bridgehead atoms. The van der Waals surface area contributed by atoms with E-state index in [0.29, 0.717) is 32.0 Å². The molecule has 0 unspecified atom stereocenters. The van der Waals surface area contributed by atoms with Crippen molar-refractivity contribution >= 4 is 11.6 Å². The number of nitrogens with zero attached hydrogens (tertiary/aromatic N) is 2. The molecule has 6 nitrogen and oxygen atoms in total. The number of rotatable bonds is 11. The minimum atomic E-state index is -0.249. The van der Waals surface area contributed by atoms with E-state index in [4.69, 9.17) is 4.74 Å². The highest BCUT2D eigenvalue weighted by Crippen LogP contribution is 2.21. The van der Waals surface area contributed by atoms with E-state index >= 15 is 0 Å². The van der Waals surface area contributed by atoms with Crippen molar-refractivity contribution in [2.45, 2.75) is 31.7 Å². The molecule has 4 rings (SSSR count). The molecule has 0 radical (unpaired) electrons. The molecule has 1 amide bonds. The maximum Gasteiger partial charge on any atom is 0.224 e. The smallest absolute Gasteiger partial charge is 0.224 e. The van der Waals surface area contributed by atoms with E-state index in [1.807, 2.05) is 30.3 Å². The number of benzene rings is 2. The van der Waals surface area contributed by atoms with Crippen LogP contribution in [0.1, 0.15) is 24.0 Å². The van der Waals surface area contributed by atoms with Crippen LogP contribution < -0.4 is 20.3 Å². The minimum absolute atomic E-state index is 0.0199. The first-order chi connectivity index (χ1) is 17.2. The van der Waals surface area contributed by atoms with Gasteiger partial charge in [-0.1, -0.05) is 24.3 Å². The van der Waals surface area contributed by atoms with Gasteiger partial charge in [-0.2, -0.15) is 0 Å².